The zero-order valence-corrected chi connectivity index (χ0v) is 16.3. The van der Waals surface area contributed by atoms with Crippen molar-refractivity contribution >= 4 is 34.9 Å². The van der Waals surface area contributed by atoms with Gasteiger partial charge in [0.25, 0.3) is 0 Å². The molecular weight excluding hydrogens is 344 g/mol. The number of hydrogen-bond donors (Lipinski definition) is 2. The van der Waals surface area contributed by atoms with Crippen LogP contribution in [-0.2, 0) is 0 Å². The number of nitrogens with one attached hydrogen (secondary N) is 2. The van der Waals surface area contributed by atoms with E-state index in [0.717, 1.165) is 36.5 Å². The van der Waals surface area contributed by atoms with Gasteiger partial charge in [-0.25, -0.2) is 0 Å². The monoisotopic (exact) mass is 370 g/mol. The standard InChI is InChI=1S/C20H26N4OS/c1-4-14-24(5-2)18-10-6-16(7-11-18)15-21-23-20(26)22-17-8-12-19(25-3)13-9-17/h6-13,15H,4-5,14H2,1-3H3,(H2,22,23,26)/b21-15-. The van der Waals surface area contributed by atoms with E-state index in [0.29, 0.717) is 5.11 Å². The van der Waals surface area contributed by atoms with E-state index in [1.807, 2.05) is 24.3 Å². The van der Waals surface area contributed by atoms with Crippen LogP contribution in [0.25, 0.3) is 0 Å². The molecule has 5 nitrogen and oxygen atoms in total. The second-order valence-corrected chi connectivity index (χ2v) is 6.13. The van der Waals surface area contributed by atoms with Gasteiger partial charge in [-0.2, -0.15) is 5.10 Å². The normalized spacial score (nSPS) is 10.6. The van der Waals surface area contributed by atoms with Gasteiger partial charge < -0.3 is 15.0 Å². The predicted octanol–water partition coefficient (Wildman–Crippen LogP) is 4.25. The van der Waals surface area contributed by atoms with E-state index in [1.165, 1.54) is 5.69 Å². The van der Waals surface area contributed by atoms with Crippen LogP contribution in [0.3, 0.4) is 0 Å². The maximum Gasteiger partial charge on any atom is 0.191 e. The van der Waals surface area contributed by atoms with Crippen LogP contribution >= 0.6 is 12.2 Å². The van der Waals surface area contributed by atoms with Gasteiger partial charge in [-0.3, -0.25) is 5.43 Å². The summed E-state index contributed by atoms with van der Waals surface area (Å²) >= 11 is 5.24. The summed E-state index contributed by atoms with van der Waals surface area (Å²) in [5.41, 5.74) is 5.95. The van der Waals surface area contributed by atoms with Gasteiger partial charge in [0.05, 0.1) is 13.3 Å². The first kappa shape index (κ1) is 19.7. The fourth-order valence-electron chi connectivity index (χ4n) is 2.51. The minimum Gasteiger partial charge on any atom is -0.497 e. The summed E-state index contributed by atoms with van der Waals surface area (Å²) in [6, 6.07) is 15.9. The molecular formula is C20H26N4OS. The van der Waals surface area contributed by atoms with Crippen molar-refractivity contribution in [1.29, 1.82) is 0 Å². The molecule has 0 heterocycles. The lowest BCUT2D eigenvalue weighted by atomic mass is 10.2. The van der Waals surface area contributed by atoms with Crippen molar-refractivity contribution in [2.75, 3.05) is 30.4 Å². The summed E-state index contributed by atoms with van der Waals surface area (Å²) in [4.78, 5) is 2.35. The van der Waals surface area contributed by atoms with Gasteiger partial charge >= 0.3 is 0 Å². The molecule has 0 amide bonds. The van der Waals surface area contributed by atoms with E-state index < -0.39 is 0 Å². The van der Waals surface area contributed by atoms with Gasteiger partial charge in [-0.15, -0.1) is 0 Å². The average Bonchev–Trinajstić information content (AvgIpc) is 2.67. The van der Waals surface area contributed by atoms with Crippen LogP contribution in [-0.4, -0.2) is 31.5 Å². The zero-order valence-electron chi connectivity index (χ0n) is 15.5. The molecule has 2 rings (SSSR count). The number of benzene rings is 2. The van der Waals surface area contributed by atoms with Crippen molar-refractivity contribution in [1.82, 2.24) is 5.43 Å². The van der Waals surface area contributed by atoms with Gasteiger partial charge in [-0.1, -0.05) is 19.1 Å². The summed E-state index contributed by atoms with van der Waals surface area (Å²) in [6.07, 6.45) is 2.89. The Kier molecular flexibility index (Phi) is 7.89. The molecule has 0 unspecified atom stereocenters. The number of thiocarbonyl (C=S) groups is 1. The predicted molar refractivity (Wildman–Crippen MR) is 115 cm³/mol. The van der Waals surface area contributed by atoms with Crippen LogP contribution in [0.1, 0.15) is 25.8 Å². The number of rotatable bonds is 8. The zero-order chi connectivity index (χ0) is 18.8. The van der Waals surface area contributed by atoms with Gasteiger partial charge in [0.15, 0.2) is 5.11 Å². The summed E-state index contributed by atoms with van der Waals surface area (Å²) in [5.74, 6) is 0.802. The highest BCUT2D eigenvalue weighted by Gasteiger charge is 2.02. The summed E-state index contributed by atoms with van der Waals surface area (Å²) in [7, 11) is 1.64. The SMILES string of the molecule is CCCN(CC)c1ccc(/C=N\NC(=S)Nc2ccc(OC)cc2)cc1. The van der Waals surface area contributed by atoms with Gasteiger partial charge in [-0.05, 0) is 67.5 Å². The Morgan fingerprint density at radius 3 is 2.38 bits per heavy atom. The Morgan fingerprint density at radius 1 is 1.12 bits per heavy atom. The van der Waals surface area contributed by atoms with Gasteiger partial charge in [0.1, 0.15) is 5.75 Å². The van der Waals surface area contributed by atoms with Crippen molar-refractivity contribution in [3.05, 3.63) is 54.1 Å². The quantitative estimate of drug-likeness (QED) is 0.413. The molecule has 0 bridgehead atoms. The summed E-state index contributed by atoms with van der Waals surface area (Å²) in [6.45, 7) is 6.44. The highest BCUT2D eigenvalue weighted by atomic mass is 32.1. The van der Waals surface area contributed by atoms with Crippen molar-refractivity contribution in [2.24, 2.45) is 5.10 Å². The molecule has 2 aromatic rings. The first-order chi connectivity index (χ1) is 12.7. The second kappa shape index (κ2) is 10.4. The molecule has 0 fully saturated rings. The van der Waals surface area contributed by atoms with Crippen LogP contribution in [0.5, 0.6) is 5.75 Å². The molecule has 0 aliphatic rings. The number of anilines is 2. The molecule has 0 saturated heterocycles. The molecule has 2 N–H and O–H groups in total. The largest absolute Gasteiger partial charge is 0.497 e. The maximum atomic E-state index is 5.24. The number of methoxy groups -OCH3 is 1. The highest BCUT2D eigenvalue weighted by Crippen LogP contribution is 2.15. The maximum absolute atomic E-state index is 5.24. The molecule has 0 spiro atoms. The second-order valence-electron chi connectivity index (χ2n) is 5.72. The summed E-state index contributed by atoms with van der Waals surface area (Å²) in [5, 5.41) is 7.69. The fraction of sp³-hybridized carbons (Fsp3) is 0.300. The third-order valence-corrected chi connectivity index (χ3v) is 4.05. The number of ether oxygens (including phenoxy) is 1. The average molecular weight is 371 g/mol. The molecule has 2 aromatic carbocycles. The molecule has 6 heteroatoms. The van der Waals surface area contributed by atoms with Crippen molar-refractivity contribution in [3.63, 3.8) is 0 Å². The van der Waals surface area contributed by atoms with E-state index in [2.05, 4.69) is 58.9 Å². The number of hydrogen-bond acceptors (Lipinski definition) is 4. The third-order valence-electron chi connectivity index (χ3n) is 3.86. The van der Waals surface area contributed by atoms with E-state index in [1.54, 1.807) is 13.3 Å². The van der Waals surface area contributed by atoms with E-state index in [4.69, 9.17) is 17.0 Å². The highest BCUT2D eigenvalue weighted by molar-refractivity contribution is 7.80. The molecule has 0 saturated carbocycles. The Morgan fingerprint density at radius 2 is 1.81 bits per heavy atom. The smallest absolute Gasteiger partial charge is 0.191 e. The lowest BCUT2D eigenvalue weighted by Crippen LogP contribution is -2.24. The molecule has 0 aliphatic heterocycles. The van der Waals surface area contributed by atoms with Gasteiger partial charge in [0, 0.05) is 24.5 Å². The molecule has 0 aromatic heterocycles. The van der Waals surface area contributed by atoms with E-state index in [9.17, 15) is 0 Å². The van der Waals surface area contributed by atoms with Crippen molar-refractivity contribution in [3.8, 4) is 5.75 Å². The lowest BCUT2D eigenvalue weighted by molar-refractivity contribution is 0.415. The molecule has 26 heavy (non-hydrogen) atoms. The molecule has 0 aliphatic carbocycles. The first-order valence-corrected chi connectivity index (χ1v) is 9.16. The number of hydrazone groups is 1. The Bertz CT molecular complexity index is 714. The van der Waals surface area contributed by atoms with Crippen LogP contribution in [0.2, 0.25) is 0 Å². The summed E-state index contributed by atoms with van der Waals surface area (Å²) < 4.78 is 5.13. The van der Waals surface area contributed by atoms with Crippen LogP contribution < -0.4 is 20.4 Å². The van der Waals surface area contributed by atoms with E-state index >= 15 is 0 Å². The van der Waals surface area contributed by atoms with Crippen LogP contribution in [0.15, 0.2) is 53.6 Å². The Balaban J connectivity index is 1.85. The lowest BCUT2D eigenvalue weighted by Gasteiger charge is -2.22. The van der Waals surface area contributed by atoms with Gasteiger partial charge in [0.2, 0.25) is 0 Å². The Hall–Kier alpha value is -2.60. The van der Waals surface area contributed by atoms with E-state index in [-0.39, 0.29) is 0 Å². The first-order valence-electron chi connectivity index (χ1n) is 8.75. The van der Waals surface area contributed by atoms with Crippen molar-refractivity contribution in [2.45, 2.75) is 20.3 Å². The molecule has 0 radical (unpaired) electrons. The fourth-order valence-corrected chi connectivity index (χ4v) is 2.68. The minimum absolute atomic E-state index is 0.433. The molecule has 0 atom stereocenters. The minimum atomic E-state index is 0.433. The third kappa shape index (κ3) is 6.04. The topological polar surface area (TPSA) is 48.9 Å². The molecule has 138 valence electrons. The number of nitrogens with zero attached hydrogens (tertiary/aromatic N) is 2. The Labute approximate surface area is 161 Å². The van der Waals surface area contributed by atoms with Crippen molar-refractivity contribution < 1.29 is 4.74 Å². The van der Waals surface area contributed by atoms with Crippen LogP contribution in [0, 0.1) is 0 Å². The van der Waals surface area contributed by atoms with Crippen LogP contribution in [0.4, 0.5) is 11.4 Å².